The molecule has 1 aliphatic carbocycles. The second-order valence-electron chi connectivity index (χ2n) is 6.39. The van der Waals surface area contributed by atoms with Gasteiger partial charge in [0.05, 0.1) is 4.90 Å². The Morgan fingerprint density at radius 3 is 2.62 bits per heavy atom. The van der Waals surface area contributed by atoms with Crippen LogP contribution in [0, 0.1) is 12.8 Å². The maximum atomic E-state index is 13.0. The monoisotopic (exact) mass is 308 g/mol. The summed E-state index contributed by atoms with van der Waals surface area (Å²) in [6, 6.07) is 5.29. The van der Waals surface area contributed by atoms with E-state index in [9.17, 15) is 8.42 Å². The SMILES string of the molecule is Cc1ccc(S(=O)(=O)N2CCC[C@H]3CCCC[C@H]32)cc1N. The third-order valence-corrected chi connectivity index (χ3v) is 6.97. The normalized spacial score (nSPS) is 27.3. The minimum absolute atomic E-state index is 0.194. The van der Waals surface area contributed by atoms with E-state index in [2.05, 4.69) is 0 Å². The molecule has 1 saturated heterocycles. The molecule has 116 valence electrons. The molecule has 0 aromatic heterocycles. The standard InChI is InChI=1S/C16H24N2O2S/c1-12-8-9-14(11-15(12)17)21(19,20)18-10-4-6-13-5-2-3-7-16(13)18/h8-9,11,13,16H,2-7,10,17H2,1H3/t13-,16-/m1/s1. The molecule has 2 N–H and O–H groups in total. The molecule has 5 heteroatoms. The van der Waals surface area contributed by atoms with Crippen molar-refractivity contribution in [3.63, 3.8) is 0 Å². The number of aryl methyl sites for hydroxylation is 1. The van der Waals surface area contributed by atoms with Crippen LogP contribution in [0.3, 0.4) is 0 Å². The Labute approximate surface area is 127 Å². The summed E-state index contributed by atoms with van der Waals surface area (Å²) in [5.41, 5.74) is 7.36. The summed E-state index contributed by atoms with van der Waals surface area (Å²) in [7, 11) is -3.42. The number of nitrogens with two attached hydrogens (primary N) is 1. The highest BCUT2D eigenvalue weighted by Gasteiger charge is 2.39. The van der Waals surface area contributed by atoms with Crippen molar-refractivity contribution in [1.29, 1.82) is 0 Å². The van der Waals surface area contributed by atoms with E-state index in [0.29, 0.717) is 23.0 Å². The Morgan fingerprint density at radius 1 is 1.14 bits per heavy atom. The summed E-state index contributed by atoms with van der Waals surface area (Å²) in [6.07, 6.45) is 6.71. The second kappa shape index (κ2) is 5.61. The van der Waals surface area contributed by atoms with Gasteiger partial charge in [-0.2, -0.15) is 4.31 Å². The van der Waals surface area contributed by atoms with Crippen LogP contribution >= 0.6 is 0 Å². The van der Waals surface area contributed by atoms with Crippen LogP contribution < -0.4 is 5.73 Å². The van der Waals surface area contributed by atoms with Gasteiger partial charge in [-0.05, 0) is 56.2 Å². The summed E-state index contributed by atoms with van der Waals surface area (Å²) in [6.45, 7) is 2.54. The highest BCUT2D eigenvalue weighted by Crippen LogP contribution is 2.38. The van der Waals surface area contributed by atoms with E-state index in [1.165, 1.54) is 19.3 Å². The molecule has 21 heavy (non-hydrogen) atoms. The quantitative estimate of drug-likeness (QED) is 0.854. The van der Waals surface area contributed by atoms with Crippen LogP contribution in [-0.4, -0.2) is 25.3 Å². The van der Waals surface area contributed by atoms with E-state index in [1.807, 2.05) is 6.92 Å². The summed E-state index contributed by atoms with van der Waals surface area (Å²) in [4.78, 5) is 0.344. The third-order valence-electron chi connectivity index (χ3n) is 5.05. The molecular formula is C16H24N2O2S. The fourth-order valence-corrected chi connectivity index (χ4v) is 5.58. The van der Waals surface area contributed by atoms with Crippen LogP contribution in [-0.2, 0) is 10.0 Å². The lowest BCUT2D eigenvalue weighted by atomic mass is 9.79. The Kier molecular flexibility index (Phi) is 3.97. The van der Waals surface area contributed by atoms with Gasteiger partial charge in [0.1, 0.15) is 0 Å². The average molecular weight is 308 g/mol. The molecule has 0 amide bonds. The molecule has 3 rings (SSSR count). The fraction of sp³-hybridized carbons (Fsp3) is 0.625. The molecule has 2 fully saturated rings. The summed E-state index contributed by atoms with van der Waals surface area (Å²) < 4.78 is 27.7. The predicted octanol–water partition coefficient (Wildman–Crippen LogP) is 2.92. The van der Waals surface area contributed by atoms with E-state index < -0.39 is 10.0 Å². The summed E-state index contributed by atoms with van der Waals surface area (Å²) in [5.74, 6) is 0.546. The lowest BCUT2D eigenvalue weighted by Crippen LogP contribution is -2.49. The number of hydrogen-bond donors (Lipinski definition) is 1. The molecule has 0 spiro atoms. The van der Waals surface area contributed by atoms with Crippen molar-refractivity contribution >= 4 is 15.7 Å². The number of piperidine rings is 1. The molecule has 2 atom stereocenters. The molecule has 1 aromatic rings. The Bertz CT molecular complexity index is 625. The maximum absolute atomic E-state index is 13.0. The molecule has 1 aliphatic heterocycles. The molecule has 2 aliphatic rings. The number of nitrogens with zero attached hydrogens (tertiary/aromatic N) is 1. The van der Waals surface area contributed by atoms with E-state index in [4.69, 9.17) is 5.73 Å². The number of sulfonamides is 1. The van der Waals surface area contributed by atoms with Crippen LogP contribution in [0.4, 0.5) is 5.69 Å². The first-order valence-electron chi connectivity index (χ1n) is 7.88. The van der Waals surface area contributed by atoms with Crippen molar-refractivity contribution in [2.75, 3.05) is 12.3 Å². The maximum Gasteiger partial charge on any atom is 0.243 e. The zero-order valence-corrected chi connectivity index (χ0v) is 13.4. The second-order valence-corrected chi connectivity index (χ2v) is 8.28. The number of nitrogen functional groups attached to an aromatic ring is 1. The largest absolute Gasteiger partial charge is 0.398 e. The van der Waals surface area contributed by atoms with Crippen molar-refractivity contribution < 1.29 is 8.42 Å². The van der Waals surface area contributed by atoms with Gasteiger partial charge in [-0.15, -0.1) is 0 Å². The smallest absolute Gasteiger partial charge is 0.243 e. The van der Waals surface area contributed by atoms with Crippen molar-refractivity contribution in [3.8, 4) is 0 Å². The number of rotatable bonds is 2. The lowest BCUT2D eigenvalue weighted by Gasteiger charge is -2.43. The minimum Gasteiger partial charge on any atom is -0.398 e. The summed E-state index contributed by atoms with van der Waals surface area (Å²) in [5, 5.41) is 0. The van der Waals surface area contributed by atoms with Crippen LogP contribution in [0.2, 0.25) is 0 Å². The van der Waals surface area contributed by atoms with Gasteiger partial charge in [-0.3, -0.25) is 0 Å². The van der Waals surface area contributed by atoms with Gasteiger partial charge < -0.3 is 5.73 Å². The van der Waals surface area contributed by atoms with Gasteiger partial charge in [0.25, 0.3) is 0 Å². The van der Waals surface area contributed by atoms with Gasteiger partial charge in [-0.25, -0.2) is 8.42 Å². The minimum atomic E-state index is -3.42. The zero-order valence-electron chi connectivity index (χ0n) is 12.6. The van der Waals surface area contributed by atoms with Crippen LogP contribution in [0.5, 0.6) is 0 Å². The topological polar surface area (TPSA) is 63.4 Å². The zero-order chi connectivity index (χ0) is 15.0. The molecule has 1 heterocycles. The summed E-state index contributed by atoms with van der Waals surface area (Å²) >= 11 is 0. The van der Waals surface area contributed by atoms with Crippen LogP contribution in [0.25, 0.3) is 0 Å². The van der Waals surface area contributed by atoms with Crippen molar-refractivity contribution in [1.82, 2.24) is 4.31 Å². The van der Waals surface area contributed by atoms with E-state index >= 15 is 0 Å². The third kappa shape index (κ3) is 2.69. The number of hydrogen-bond acceptors (Lipinski definition) is 3. The first kappa shape index (κ1) is 14.9. The van der Waals surface area contributed by atoms with Gasteiger partial charge >= 0.3 is 0 Å². The van der Waals surface area contributed by atoms with E-state index in [-0.39, 0.29) is 6.04 Å². The number of fused-ring (bicyclic) bond motifs is 1. The Hall–Kier alpha value is -1.07. The predicted molar refractivity (Wildman–Crippen MR) is 84.5 cm³/mol. The molecule has 0 bridgehead atoms. The highest BCUT2D eigenvalue weighted by molar-refractivity contribution is 7.89. The first-order valence-corrected chi connectivity index (χ1v) is 9.32. The van der Waals surface area contributed by atoms with Crippen LogP contribution in [0.1, 0.15) is 44.1 Å². The Morgan fingerprint density at radius 2 is 1.86 bits per heavy atom. The number of anilines is 1. The molecule has 1 saturated carbocycles. The highest BCUT2D eigenvalue weighted by atomic mass is 32.2. The first-order chi connectivity index (χ1) is 10.00. The van der Waals surface area contributed by atoms with Gasteiger partial charge in [0, 0.05) is 18.3 Å². The lowest BCUT2D eigenvalue weighted by molar-refractivity contribution is 0.129. The average Bonchev–Trinajstić information content (AvgIpc) is 2.49. The van der Waals surface area contributed by atoms with Crippen LogP contribution in [0.15, 0.2) is 23.1 Å². The molecule has 1 aromatic carbocycles. The number of benzene rings is 1. The molecule has 0 unspecified atom stereocenters. The molecule has 4 nitrogen and oxygen atoms in total. The van der Waals surface area contributed by atoms with E-state index in [0.717, 1.165) is 24.8 Å². The molecule has 0 radical (unpaired) electrons. The van der Waals surface area contributed by atoms with Gasteiger partial charge in [0.15, 0.2) is 0 Å². The van der Waals surface area contributed by atoms with Gasteiger partial charge in [0.2, 0.25) is 10.0 Å². The fourth-order valence-electron chi connectivity index (χ4n) is 3.79. The van der Waals surface area contributed by atoms with Crippen molar-refractivity contribution in [3.05, 3.63) is 23.8 Å². The van der Waals surface area contributed by atoms with Gasteiger partial charge in [-0.1, -0.05) is 18.9 Å². The van der Waals surface area contributed by atoms with E-state index in [1.54, 1.807) is 22.5 Å². The van der Waals surface area contributed by atoms with Crippen molar-refractivity contribution in [2.45, 2.75) is 56.4 Å². The van der Waals surface area contributed by atoms with Crippen molar-refractivity contribution in [2.24, 2.45) is 5.92 Å². The Balaban J connectivity index is 1.94. The molecular weight excluding hydrogens is 284 g/mol.